The van der Waals surface area contributed by atoms with E-state index in [1.54, 1.807) is 11.0 Å². The molecule has 120 valence electrons. The Morgan fingerprint density at radius 1 is 0.833 bits per heavy atom. The Kier molecular flexibility index (Phi) is 4.87. The van der Waals surface area contributed by atoms with Gasteiger partial charge in [0.2, 0.25) is 0 Å². The summed E-state index contributed by atoms with van der Waals surface area (Å²) >= 11 is 0. The van der Waals surface area contributed by atoms with Crippen LogP contribution in [0.2, 0.25) is 0 Å². The molecule has 0 aliphatic carbocycles. The zero-order chi connectivity index (χ0) is 16.8. The van der Waals surface area contributed by atoms with Gasteiger partial charge in [-0.3, -0.25) is 4.79 Å². The van der Waals surface area contributed by atoms with E-state index in [9.17, 15) is 9.90 Å². The fourth-order valence-corrected chi connectivity index (χ4v) is 2.52. The van der Waals surface area contributed by atoms with Gasteiger partial charge in [-0.2, -0.15) is 0 Å². The van der Waals surface area contributed by atoms with Crippen LogP contribution >= 0.6 is 0 Å². The monoisotopic (exact) mass is 318 g/mol. The zero-order valence-electron chi connectivity index (χ0n) is 13.2. The number of benzene rings is 2. The number of rotatable bonds is 5. The Morgan fingerprint density at radius 3 is 1.88 bits per heavy atom. The molecule has 0 radical (unpaired) electrons. The standard InChI is InChI=1S/C20H18N2O2/c23-18-12-7-13-21-19(18)20(24)22(14-16-8-3-1-4-9-16)15-17-10-5-2-6-11-17/h1-13,23H,14-15H2. The first-order chi connectivity index (χ1) is 11.7. The second kappa shape index (κ2) is 7.42. The highest BCUT2D eigenvalue weighted by Gasteiger charge is 2.20. The number of carbonyl (C=O) groups is 1. The molecule has 24 heavy (non-hydrogen) atoms. The third-order valence-electron chi connectivity index (χ3n) is 3.71. The summed E-state index contributed by atoms with van der Waals surface area (Å²) in [6.45, 7) is 0.898. The Labute approximate surface area is 141 Å². The molecule has 1 N–H and O–H groups in total. The maximum atomic E-state index is 12.9. The minimum absolute atomic E-state index is 0.0735. The Balaban J connectivity index is 1.89. The van der Waals surface area contributed by atoms with Crippen LogP contribution in [0.1, 0.15) is 21.6 Å². The molecular formula is C20H18N2O2. The molecular weight excluding hydrogens is 300 g/mol. The van der Waals surface area contributed by atoms with E-state index in [0.29, 0.717) is 13.1 Å². The van der Waals surface area contributed by atoms with Crippen LogP contribution in [0.15, 0.2) is 79.0 Å². The number of aromatic nitrogens is 1. The van der Waals surface area contributed by atoms with Crippen LogP contribution in [0, 0.1) is 0 Å². The summed E-state index contributed by atoms with van der Waals surface area (Å²) in [5.74, 6) is -0.394. The Hall–Kier alpha value is -3.14. The van der Waals surface area contributed by atoms with Gasteiger partial charge in [0, 0.05) is 19.3 Å². The third-order valence-corrected chi connectivity index (χ3v) is 3.71. The molecule has 0 saturated heterocycles. The van der Waals surface area contributed by atoms with Gasteiger partial charge in [-0.1, -0.05) is 60.7 Å². The Bertz CT molecular complexity index is 763. The van der Waals surface area contributed by atoms with E-state index < -0.39 is 0 Å². The van der Waals surface area contributed by atoms with Crippen molar-refractivity contribution in [2.45, 2.75) is 13.1 Å². The van der Waals surface area contributed by atoms with Gasteiger partial charge in [0.05, 0.1) is 0 Å². The van der Waals surface area contributed by atoms with Gasteiger partial charge in [-0.05, 0) is 23.3 Å². The van der Waals surface area contributed by atoms with E-state index in [0.717, 1.165) is 11.1 Å². The second-order valence-corrected chi connectivity index (χ2v) is 5.50. The molecule has 0 saturated carbocycles. The first-order valence-corrected chi connectivity index (χ1v) is 7.75. The molecule has 4 nitrogen and oxygen atoms in total. The molecule has 4 heteroatoms. The fraction of sp³-hybridized carbons (Fsp3) is 0.100. The van der Waals surface area contributed by atoms with Crippen LogP contribution in [0.4, 0.5) is 0 Å². The van der Waals surface area contributed by atoms with Crippen molar-refractivity contribution < 1.29 is 9.90 Å². The number of hydrogen-bond donors (Lipinski definition) is 1. The smallest absolute Gasteiger partial charge is 0.276 e. The Morgan fingerprint density at radius 2 is 1.38 bits per heavy atom. The van der Waals surface area contributed by atoms with Gasteiger partial charge < -0.3 is 10.0 Å². The topological polar surface area (TPSA) is 53.4 Å². The maximum absolute atomic E-state index is 12.9. The van der Waals surface area contributed by atoms with Crippen molar-refractivity contribution in [3.05, 3.63) is 95.8 Å². The van der Waals surface area contributed by atoms with Crippen LogP contribution < -0.4 is 0 Å². The number of nitrogens with zero attached hydrogens (tertiary/aromatic N) is 2. The van der Waals surface area contributed by atoms with Gasteiger partial charge in [0.25, 0.3) is 5.91 Å². The molecule has 0 fully saturated rings. The number of hydrogen-bond acceptors (Lipinski definition) is 3. The maximum Gasteiger partial charge on any atom is 0.276 e. The molecule has 3 aromatic rings. The van der Waals surface area contributed by atoms with Crippen molar-refractivity contribution in [3.8, 4) is 5.75 Å². The van der Waals surface area contributed by atoms with Crippen LogP contribution in [-0.4, -0.2) is 20.9 Å². The summed E-state index contributed by atoms with van der Waals surface area (Å²) in [4.78, 5) is 18.6. The van der Waals surface area contributed by atoms with E-state index >= 15 is 0 Å². The molecule has 3 rings (SSSR count). The normalized spacial score (nSPS) is 10.3. The summed E-state index contributed by atoms with van der Waals surface area (Å²) < 4.78 is 0. The van der Waals surface area contributed by atoms with Crippen LogP contribution in [0.25, 0.3) is 0 Å². The summed E-state index contributed by atoms with van der Waals surface area (Å²) in [6, 6.07) is 22.6. The molecule has 1 aromatic heterocycles. The lowest BCUT2D eigenvalue weighted by molar-refractivity contribution is 0.0720. The van der Waals surface area contributed by atoms with Crippen molar-refractivity contribution in [2.75, 3.05) is 0 Å². The first-order valence-electron chi connectivity index (χ1n) is 7.75. The summed E-state index contributed by atoms with van der Waals surface area (Å²) in [5.41, 5.74) is 2.12. The second-order valence-electron chi connectivity index (χ2n) is 5.50. The minimum Gasteiger partial charge on any atom is -0.505 e. The predicted molar refractivity (Wildman–Crippen MR) is 92.4 cm³/mol. The molecule has 1 amide bonds. The lowest BCUT2D eigenvalue weighted by Gasteiger charge is -2.23. The van der Waals surface area contributed by atoms with Gasteiger partial charge in [-0.15, -0.1) is 0 Å². The third kappa shape index (κ3) is 3.79. The van der Waals surface area contributed by atoms with Crippen LogP contribution in [0.3, 0.4) is 0 Å². The average molecular weight is 318 g/mol. The first kappa shape index (κ1) is 15.7. The summed E-state index contributed by atoms with van der Waals surface area (Å²) in [6.07, 6.45) is 1.51. The van der Waals surface area contributed by atoms with Crippen LogP contribution in [-0.2, 0) is 13.1 Å². The quantitative estimate of drug-likeness (QED) is 0.781. The summed E-state index contributed by atoms with van der Waals surface area (Å²) in [5, 5.41) is 9.95. The highest BCUT2D eigenvalue weighted by Crippen LogP contribution is 2.18. The SMILES string of the molecule is O=C(c1ncccc1O)N(Cc1ccccc1)Cc1ccccc1. The van der Waals surface area contributed by atoms with Crippen molar-refractivity contribution in [1.29, 1.82) is 0 Å². The number of aromatic hydroxyl groups is 1. The lowest BCUT2D eigenvalue weighted by atomic mass is 10.1. The van der Waals surface area contributed by atoms with E-state index in [4.69, 9.17) is 0 Å². The minimum atomic E-state index is -0.291. The van der Waals surface area contributed by atoms with E-state index in [1.807, 2.05) is 60.7 Å². The van der Waals surface area contributed by atoms with E-state index in [2.05, 4.69) is 4.98 Å². The largest absolute Gasteiger partial charge is 0.505 e. The van der Waals surface area contributed by atoms with E-state index in [-0.39, 0.29) is 17.4 Å². The van der Waals surface area contributed by atoms with Gasteiger partial charge >= 0.3 is 0 Å². The predicted octanol–water partition coefficient (Wildman–Crippen LogP) is 3.63. The molecule has 0 aliphatic rings. The van der Waals surface area contributed by atoms with Crippen molar-refractivity contribution >= 4 is 5.91 Å². The van der Waals surface area contributed by atoms with Crippen molar-refractivity contribution in [1.82, 2.24) is 9.88 Å². The van der Waals surface area contributed by atoms with Gasteiger partial charge in [0.1, 0.15) is 5.75 Å². The fourth-order valence-electron chi connectivity index (χ4n) is 2.52. The molecule has 0 bridgehead atoms. The highest BCUT2D eigenvalue weighted by molar-refractivity contribution is 5.94. The van der Waals surface area contributed by atoms with Crippen molar-refractivity contribution in [2.24, 2.45) is 0 Å². The number of amides is 1. The molecule has 0 spiro atoms. The average Bonchev–Trinajstić information content (AvgIpc) is 2.63. The molecule has 0 atom stereocenters. The lowest BCUT2D eigenvalue weighted by Crippen LogP contribution is -2.30. The zero-order valence-corrected chi connectivity index (χ0v) is 13.2. The van der Waals surface area contributed by atoms with Crippen LogP contribution in [0.5, 0.6) is 5.75 Å². The highest BCUT2D eigenvalue weighted by atomic mass is 16.3. The molecule has 0 unspecified atom stereocenters. The number of carbonyl (C=O) groups excluding carboxylic acids is 1. The van der Waals surface area contributed by atoms with Gasteiger partial charge in [0.15, 0.2) is 5.69 Å². The van der Waals surface area contributed by atoms with Crippen molar-refractivity contribution in [3.63, 3.8) is 0 Å². The van der Waals surface area contributed by atoms with Gasteiger partial charge in [-0.25, -0.2) is 4.98 Å². The summed E-state index contributed by atoms with van der Waals surface area (Å²) in [7, 11) is 0. The molecule has 2 aromatic carbocycles. The molecule has 1 heterocycles. The number of pyridine rings is 1. The molecule has 0 aliphatic heterocycles. The van der Waals surface area contributed by atoms with E-state index in [1.165, 1.54) is 12.3 Å².